The van der Waals surface area contributed by atoms with Crippen molar-refractivity contribution in [2.24, 2.45) is 7.05 Å². The van der Waals surface area contributed by atoms with Gasteiger partial charge in [0.15, 0.2) is 0 Å². The summed E-state index contributed by atoms with van der Waals surface area (Å²) in [6, 6.07) is 8.04. The van der Waals surface area contributed by atoms with Crippen LogP contribution in [0.3, 0.4) is 0 Å². The van der Waals surface area contributed by atoms with E-state index in [-0.39, 0.29) is 11.7 Å². The third kappa shape index (κ3) is 3.48. The van der Waals surface area contributed by atoms with Gasteiger partial charge in [0, 0.05) is 32.2 Å². The Morgan fingerprint density at radius 2 is 2.30 bits per heavy atom. The van der Waals surface area contributed by atoms with Crippen LogP contribution in [0.5, 0.6) is 0 Å². The third-order valence-electron chi connectivity index (χ3n) is 3.53. The van der Waals surface area contributed by atoms with Crippen LogP contribution in [-0.4, -0.2) is 22.0 Å². The van der Waals surface area contributed by atoms with Crippen molar-refractivity contribution in [2.45, 2.75) is 6.42 Å². The molecule has 1 N–H and O–H groups in total. The second-order valence-electron chi connectivity index (χ2n) is 5.11. The van der Waals surface area contributed by atoms with Gasteiger partial charge in [0.25, 0.3) is 0 Å². The number of carbonyl (C=O) groups excluding carboxylic acids is 1. The number of rotatable bonds is 5. The largest absolute Gasteiger partial charge is 0.465 e. The number of aromatic nitrogens is 2. The van der Waals surface area contributed by atoms with Crippen LogP contribution in [0.2, 0.25) is 0 Å². The van der Waals surface area contributed by atoms with Crippen molar-refractivity contribution < 1.29 is 13.6 Å². The van der Waals surface area contributed by atoms with Gasteiger partial charge in [-0.15, -0.1) is 0 Å². The first-order valence-corrected chi connectivity index (χ1v) is 7.24. The fraction of sp³-hybridized carbons (Fsp3) is 0.176. The molecular formula is C17H16FN3O2. The monoisotopic (exact) mass is 313 g/mol. The molecule has 3 aromatic rings. The van der Waals surface area contributed by atoms with Gasteiger partial charge >= 0.3 is 0 Å². The summed E-state index contributed by atoms with van der Waals surface area (Å²) in [4.78, 5) is 16.1. The Kier molecular flexibility index (Phi) is 4.23. The van der Waals surface area contributed by atoms with Crippen LogP contribution in [0.15, 0.2) is 47.1 Å². The first-order valence-electron chi connectivity index (χ1n) is 7.24. The van der Waals surface area contributed by atoms with Crippen molar-refractivity contribution in [1.29, 1.82) is 0 Å². The zero-order valence-corrected chi connectivity index (χ0v) is 12.6. The summed E-state index contributed by atoms with van der Waals surface area (Å²) in [5, 5.41) is 2.78. The van der Waals surface area contributed by atoms with E-state index >= 15 is 0 Å². The fourth-order valence-corrected chi connectivity index (χ4v) is 2.35. The average Bonchev–Trinajstić information content (AvgIpc) is 3.14. The molecule has 0 aliphatic rings. The average molecular weight is 313 g/mol. The second-order valence-corrected chi connectivity index (χ2v) is 5.11. The molecule has 0 saturated carbocycles. The van der Waals surface area contributed by atoms with Gasteiger partial charge in [0.05, 0.1) is 17.3 Å². The van der Waals surface area contributed by atoms with Crippen LogP contribution in [-0.2, 0) is 18.3 Å². The quantitative estimate of drug-likeness (QED) is 0.737. The summed E-state index contributed by atoms with van der Waals surface area (Å²) < 4.78 is 20.2. The van der Waals surface area contributed by atoms with Gasteiger partial charge in [0.1, 0.15) is 17.4 Å². The summed E-state index contributed by atoms with van der Waals surface area (Å²) in [6.45, 7) is 0.445. The Bertz CT molecular complexity index is 850. The molecule has 0 radical (unpaired) electrons. The van der Waals surface area contributed by atoms with Gasteiger partial charge in [-0.05, 0) is 30.3 Å². The van der Waals surface area contributed by atoms with Gasteiger partial charge < -0.3 is 14.3 Å². The predicted molar refractivity (Wildman–Crippen MR) is 85.1 cm³/mol. The molecule has 0 fully saturated rings. The molecule has 0 saturated heterocycles. The number of hydrogen-bond donors (Lipinski definition) is 1. The topological polar surface area (TPSA) is 60.1 Å². The lowest BCUT2D eigenvalue weighted by Crippen LogP contribution is -2.24. The van der Waals surface area contributed by atoms with E-state index in [0.29, 0.717) is 24.2 Å². The first kappa shape index (κ1) is 15.0. The summed E-state index contributed by atoms with van der Waals surface area (Å²) in [5.74, 6) is 0.906. The van der Waals surface area contributed by atoms with Gasteiger partial charge in [-0.25, -0.2) is 9.37 Å². The molecule has 23 heavy (non-hydrogen) atoms. The van der Waals surface area contributed by atoms with Crippen LogP contribution in [0, 0.1) is 5.82 Å². The zero-order chi connectivity index (χ0) is 16.2. The number of carbonyl (C=O) groups is 1. The second kappa shape index (κ2) is 6.48. The van der Waals surface area contributed by atoms with Crippen LogP contribution >= 0.6 is 0 Å². The number of benzene rings is 1. The highest BCUT2D eigenvalue weighted by Gasteiger charge is 2.08. The van der Waals surface area contributed by atoms with E-state index in [2.05, 4.69) is 10.3 Å². The van der Waals surface area contributed by atoms with E-state index in [1.165, 1.54) is 18.2 Å². The van der Waals surface area contributed by atoms with Crippen molar-refractivity contribution in [3.8, 4) is 0 Å². The summed E-state index contributed by atoms with van der Waals surface area (Å²) in [7, 11) is 1.88. The maximum absolute atomic E-state index is 13.2. The number of furan rings is 1. The number of amides is 1. The number of nitrogens with zero attached hydrogens (tertiary/aromatic N) is 2. The fourth-order valence-electron chi connectivity index (χ4n) is 2.35. The third-order valence-corrected chi connectivity index (χ3v) is 3.53. The molecule has 1 amide bonds. The Hall–Kier alpha value is -2.89. The van der Waals surface area contributed by atoms with Crippen molar-refractivity contribution >= 4 is 23.0 Å². The highest BCUT2D eigenvalue weighted by atomic mass is 19.1. The lowest BCUT2D eigenvalue weighted by atomic mass is 10.3. The van der Waals surface area contributed by atoms with E-state index in [0.717, 1.165) is 11.3 Å². The molecule has 0 unspecified atom stereocenters. The number of aryl methyl sites for hydroxylation is 1. The van der Waals surface area contributed by atoms with Gasteiger partial charge in [-0.3, -0.25) is 4.79 Å². The van der Waals surface area contributed by atoms with Crippen molar-refractivity contribution in [3.63, 3.8) is 0 Å². The summed E-state index contributed by atoms with van der Waals surface area (Å²) >= 11 is 0. The number of halogens is 1. The molecule has 0 aliphatic heterocycles. The molecule has 2 aromatic heterocycles. The Morgan fingerprint density at radius 1 is 1.43 bits per heavy atom. The lowest BCUT2D eigenvalue weighted by molar-refractivity contribution is -0.116. The van der Waals surface area contributed by atoms with Crippen LogP contribution < -0.4 is 5.32 Å². The number of hydrogen-bond acceptors (Lipinski definition) is 3. The standard InChI is InChI=1S/C17H16FN3O2/c1-21-15-6-4-12(18)11-14(15)20-16(21)8-9-19-17(22)7-5-13-3-2-10-23-13/h2-7,10-11H,8-9H2,1H3,(H,19,22). The minimum atomic E-state index is -0.307. The van der Waals surface area contributed by atoms with Crippen molar-refractivity contribution in [1.82, 2.24) is 14.9 Å². The molecule has 0 spiro atoms. The zero-order valence-electron chi connectivity index (χ0n) is 12.6. The van der Waals surface area contributed by atoms with Gasteiger partial charge in [-0.1, -0.05) is 0 Å². The summed E-state index contributed by atoms with van der Waals surface area (Å²) in [6.07, 6.45) is 5.13. The van der Waals surface area contributed by atoms with Gasteiger partial charge in [-0.2, -0.15) is 0 Å². The molecular weight excluding hydrogens is 297 g/mol. The molecule has 1 aromatic carbocycles. The van der Waals surface area contributed by atoms with Crippen LogP contribution in [0.1, 0.15) is 11.6 Å². The highest BCUT2D eigenvalue weighted by Crippen LogP contribution is 2.16. The maximum atomic E-state index is 13.2. The minimum absolute atomic E-state index is 0.203. The number of fused-ring (bicyclic) bond motifs is 1. The lowest BCUT2D eigenvalue weighted by Gasteiger charge is -2.03. The molecule has 5 nitrogen and oxygen atoms in total. The molecule has 0 aliphatic carbocycles. The SMILES string of the molecule is Cn1c(CCNC(=O)C=Cc2ccco2)nc2cc(F)ccc21. The molecule has 3 rings (SSSR count). The van der Waals surface area contributed by atoms with Crippen molar-refractivity contribution in [2.75, 3.05) is 6.54 Å². The predicted octanol–water partition coefficient (Wildman–Crippen LogP) is 2.68. The maximum Gasteiger partial charge on any atom is 0.244 e. The highest BCUT2D eigenvalue weighted by molar-refractivity contribution is 5.91. The smallest absolute Gasteiger partial charge is 0.244 e. The van der Waals surface area contributed by atoms with E-state index in [1.54, 1.807) is 30.5 Å². The number of imidazole rings is 1. The Labute approximate surface area is 132 Å². The van der Waals surface area contributed by atoms with E-state index in [9.17, 15) is 9.18 Å². The normalized spacial score (nSPS) is 11.4. The van der Waals surface area contributed by atoms with E-state index < -0.39 is 0 Å². The first-order chi connectivity index (χ1) is 11.1. The van der Waals surface area contributed by atoms with Crippen LogP contribution in [0.25, 0.3) is 17.1 Å². The molecule has 0 atom stereocenters. The Morgan fingerprint density at radius 3 is 3.09 bits per heavy atom. The van der Waals surface area contributed by atoms with Gasteiger partial charge in [0.2, 0.25) is 5.91 Å². The molecule has 0 bridgehead atoms. The van der Waals surface area contributed by atoms with E-state index in [4.69, 9.17) is 4.42 Å². The van der Waals surface area contributed by atoms with Crippen LogP contribution in [0.4, 0.5) is 4.39 Å². The molecule has 2 heterocycles. The molecule has 6 heteroatoms. The summed E-state index contributed by atoms with van der Waals surface area (Å²) in [5.41, 5.74) is 1.48. The minimum Gasteiger partial charge on any atom is -0.465 e. The van der Waals surface area contributed by atoms with E-state index in [1.807, 2.05) is 11.6 Å². The van der Waals surface area contributed by atoms with Crippen molar-refractivity contribution in [3.05, 3.63) is 60.1 Å². The molecule has 118 valence electrons. The number of nitrogens with one attached hydrogen (secondary N) is 1. The Balaban J connectivity index is 1.58.